The number of aryl methyl sites for hydroxylation is 2. The van der Waals surface area contributed by atoms with Crippen LogP contribution >= 0.6 is 0 Å². The minimum Gasteiger partial charge on any atom is -0.365 e. The Hall–Kier alpha value is -2.82. The standard InChI is InChI=1S/C22H26N4O/c1-16-6-5-7-18(14-16)26-13-12-25(15-17(26)2)22(27)11-10-21-23-19-8-3-4-9-20(19)24-21/h3-9,14,17H,10-13,15H2,1-2H3,(H,23,24). The van der Waals surface area contributed by atoms with Crippen LogP contribution in [0.3, 0.4) is 0 Å². The van der Waals surface area contributed by atoms with E-state index in [4.69, 9.17) is 0 Å². The first kappa shape index (κ1) is 17.6. The summed E-state index contributed by atoms with van der Waals surface area (Å²) in [5.74, 6) is 1.10. The number of hydrogen-bond donors (Lipinski definition) is 1. The van der Waals surface area contributed by atoms with E-state index >= 15 is 0 Å². The van der Waals surface area contributed by atoms with Crippen molar-refractivity contribution in [2.75, 3.05) is 24.5 Å². The van der Waals surface area contributed by atoms with Gasteiger partial charge in [0.2, 0.25) is 5.91 Å². The summed E-state index contributed by atoms with van der Waals surface area (Å²) < 4.78 is 0. The molecule has 5 heteroatoms. The number of amides is 1. The molecular weight excluding hydrogens is 336 g/mol. The number of hydrogen-bond acceptors (Lipinski definition) is 3. The van der Waals surface area contributed by atoms with Crippen molar-refractivity contribution in [3.8, 4) is 0 Å². The summed E-state index contributed by atoms with van der Waals surface area (Å²) in [4.78, 5) is 25.0. The topological polar surface area (TPSA) is 52.2 Å². The van der Waals surface area contributed by atoms with Crippen LogP contribution in [0.4, 0.5) is 5.69 Å². The molecule has 0 aliphatic carbocycles. The molecule has 4 rings (SSSR count). The molecule has 0 bridgehead atoms. The van der Waals surface area contributed by atoms with Gasteiger partial charge in [-0.2, -0.15) is 0 Å². The molecule has 27 heavy (non-hydrogen) atoms. The van der Waals surface area contributed by atoms with Gasteiger partial charge in [-0.05, 0) is 43.7 Å². The van der Waals surface area contributed by atoms with Crippen LogP contribution in [0.2, 0.25) is 0 Å². The summed E-state index contributed by atoms with van der Waals surface area (Å²) in [7, 11) is 0. The van der Waals surface area contributed by atoms with E-state index in [1.165, 1.54) is 11.3 Å². The van der Waals surface area contributed by atoms with Crippen molar-refractivity contribution in [1.29, 1.82) is 0 Å². The average Bonchev–Trinajstić information content (AvgIpc) is 3.09. The van der Waals surface area contributed by atoms with Gasteiger partial charge in [0.25, 0.3) is 0 Å². The van der Waals surface area contributed by atoms with E-state index in [1.807, 2.05) is 29.2 Å². The Morgan fingerprint density at radius 1 is 1.19 bits per heavy atom. The molecule has 5 nitrogen and oxygen atoms in total. The number of anilines is 1. The molecule has 0 radical (unpaired) electrons. The minimum absolute atomic E-state index is 0.214. The van der Waals surface area contributed by atoms with E-state index in [9.17, 15) is 4.79 Å². The van der Waals surface area contributed by atoms with E-state index in [2.05, 4.69) is 53.0 Å². The van der Waals surface area contributed by atoms with Gasteiger partial charge in [-0.1, -0.05) is 24.3 Å². The summed E-state index contributed by atoms with van der Waals surface area (Å²) in [5, 5.41) is 0. The van der Waals surface area contributed by atoms with Gasteiger partial charge < -0.3 is 14.8 Å². The van der Waals surface area contributed by atoms with Crippen LogP contribution in [-0.4, -0.2) is 46.5 Å². The third-order valence-electron chi connectivity index (χ3n) is 5.33. The molecule has 0 spiro atoms. The number of para-hydroxylation sites is 2. The number of carbonyl (C=O) groups is 1. The molecule has 1 saturated heterocycles. The van der Waals surface area contributed by atoms with Gasteiger partial charge in [-0.3, -0.25) is 4.79 Å². The summed E-state index contributed by atoms with van der Waals surface area (Å²) in [6.45, 7) is 6.73. The lowest BCUT2D eigenvalue weighted by atomic mass is 10.1. The second kappa shape index (κ2) is 7.43. The Morgan fingerprint density at radius 3 is 2.81 bits per heavy atom. The number of nitrogens with one attached hydrogen (secondary N) is 1. The normalized spacial score (nSPS) is 17.5. The fourth-order valence-corrected chi connectivity index (χ4v) is 3.88. The van der Waals surface area contributed by atoms with E-state index in [1.54, 1.807) is 0 Å². The zero-order valence-corrected chi connectivity index (χ0v) is 16.0. The Labute approximate surface area is 160 Å². The van der Waals surface area contributed by atoms with Gasteiger partial charge in [0, 0.05) is 44.2 Å². The quantitative estimate of drug-likeness (QED) is 0.772. The van der Waals surface area contributed by atoms with Gasteiger partial charge in [-0.25, -0.2) is 4.98 Å². The van der Waals surface area contributed by atoms with Gasteiger partial charge >= 0.3 is 0 Å². The fourth-order valence-electron chi connectivity index (χ4n) is 3.88. The number of nitrogens with zero attached hydrogens (tertiary/aromatic N) is 3. The third-order valence-corrected chi connectivity index (χ3v) is 5.33. The molecule has 1 aliphatic rings. The minimum atomic E-state index is 0.214. The first-order valence-electron chi connectivity index (χ1n) is 9.65. The lowest BCUT2D eigenvalue weighted by Crippen LogP contribution is -2.53. The van der Waals surface area contributed by atoms with Crippen molar-refractivity contribution in [2.24, 2.45) is 0 Å². The van der Waals surface area contributed by atoms with Crippen LogP contribution in [0, 0.1) is 6.92 Å². The van der Waals surface area contributed by atoms with Crippen LogP contribution in [0.25, 0.3) is 11.0 Å². The zero-order chi connectivity index (χ0) is 18.8. The van der Waals surface area contributed by atoms with Crippen LogP contribution < -0.4 is 4.90 Å². The summed E-state index contributed by atoms with van der Waals surface area (Å²) >= 11 is 0. The highest BCUT2D eigenvalue weighted by molar-refractivity contribution is 5.77. The second-order valence-electron chi connectivity index (χ2n) is 7.42. The molecule has 3 aromatic rings. The van der Waals surface area contributed by atoms with Gasteiger partial charge in [0.05, 0.1) is 11.0 Å². The van der Waals surface area contributed by atoms with E-state index in [0.29, 0.717) is 18.9 Å². The third kappa shape index (κ3) is 3.82. The van der Waals surface area contributed by atoms with Crippen molar-refractivity contribution >= 4 is 22.6 Å². The van der Waals surface area contributed by atoms with E-state index in [-0.39, 0.29) is 5.91 Å². The molecule has 1 atom stereocenters. The Morgan fingerprint density at radius 2 is 2.04 bits per heavy atom. The lowest BCUT2D eigenvalue weighted by molar-refractivity contribution is -0.131. The van der Waals surface area contributed by atoms with Gasteiger partial charge in [0.15, 0.2) is 0 Å². The highest BCUT2D eigenvalue weighted by Crippen LogP contribution is 2.22. The maximum absolute atomic E-state index is 12.7. The van der Waals surface area contributed by atoms with Crippen LogP contribution in [0.5, 0.6) is 0 Å². The molecule has 1 N–H and O–H groups in total. The fraction of sp³-hybridized carbons (Fsp3) is 0.364. The van der Waals surface area contributed by atoms with E-state index in [0.717, 1.165) is 36.5 Å². The number of benzene rings is 2. The van der Waals surface area contributed by atoms with Crippen molar-refractivity contribution in [3.05, 3.63) is 59.9 Å². The van der Waals surface area contributed by atoms with Crippen molar-refractivity contribution in [3.63, 3.8) is 0 Å². The van der Waals surface area contributed by atoms with Crippen molar-refractivity contribution < 1.29 is 4.79 Å². The maximum Gasteiger partial charge on any atom is 0.223 e. The smallest absolute Gasteiger partial charge is 0.223 e. The Balaban J connectivity index is 1.35. The molecule has 140 valence electrons. The van der Waals surface area contributed by atoms with Gasteiger partial charge in [0.1, 0.15) is 5.82 Å². The van der Waals surface area contributed by atoms with Gasteiger partial charge in [-0.15, -0.1) is 0 Å². The molecule has 1 unspecified atom stereocenters. The SMILES string of the molecule is Cc1cccc(N2CCN(C(=O)CCc3nc4ccccc4[nH]3)CC2C)c1. The molecule has 1 aliphatic heterocycles. The molecule has 1 fully saturated rings. The van der Waals surface area contributed by atoms with Crippen LogP contribution in [0.15, 0.2) is 48.5 Å². The molecular formula is C22H26N4O. The average molecular weight is 362 g/mol. The van der Waals surface area contributed by atoms with Crippen LogP contribution in [0.1, 0.15) is 24.7 Å². The Bertz CT molecular complexity index is 915. The highest BCUT2D eigenvalue weighted by Gasteiger charge is 2.26. The summed E-state index contributed by atoms with van der Waals surface area (Å²) in [5.41, 5.74) is 4.50. The first-order chi connectivity index (χ1) is 13.1. The zero-order valence-electron chi connectivity index (χ0n) is 16.0. The number of piperazine rings is 1. The molecule has 1 aromatic heterocycles. The molecule has 0 saturated carbocycles. The molecule has 2 aromatic carbocycles. The first-order valence-corrected chi connectivity index (χ1v) is 9.65. The monoisotopic (exact) mass is 362 g/mol. The Kier molecular flexibility index (Phi) is 4.84. The van der Waals surface area contributed by atoms with Crippen molar-refractivity contribution in [1.82, 2.24) is 14.9 Å². The highest BCUT2D eigenvalue weighted by atomic mass is 16.2. The number of carbonyl (C=O) groups excluding carboxylic acids is 1. The summed E-state index contributed by atoms with van der Waals surface area (Å²) in [6.07, 6.45) is 1.15. The number of aromatic amines is 1. The van der Waals surface area contributed by atoms with Crippen LogP contribution in [-0.2, 0) is 11.2 Å². The second-order valence-corrected chi connectivity index (χ2v) is 7.42. The molecule has 2 heterocycles. The lowest BCUT2D eigenvalue weighted by Gasteiger charge is -2.41. The number of H-pyrrole nitrogens is 1. The molecule has 1 amide bonds. The predicted molar refractivity (Wildman–Crippen MR) is 109 cm³/mol. The van der Waals surface area contributed by atoms with Crippen molar-refractivity contribution in [2.45, 2.75) is 32.7 Å². The predicted octanol–water partition coefficient (Wildman–Crippen LogP) is 3.54. The largest absolute Gasteiger partial charge is 0.365 e. The number of aromatic nitrogens is 2. The maximum atomic E-state index is 12.7. The number of fused-ring (bicyclic) bond motifs is 1. The van der Waals surface area contributed by atoms with E-state index < -0.39 is 0 Å². The summed E-state index contributed by atoms with van der Waals surface area (Å²) in [6, 6.07) is 16.9. The number of imidazole rings is 1. The number of rotatable bonds is 4.